The molecule has 6 nitrogen and oxygen atoms in total. The number of rotatable bonds is 8. The molecule has 2 aromatic heterocycles. The molecule has 1 amide bonds. The first-order valence-corrected chi connectivity index (χ1v) is 14.1. The summed E-state index contributed by atoms with van der Waals surface area (Å²) in [5.41, 5.74) is 5.44. The molecule has 0 aliphatic rings. The van der Waals surface area contributed by atoms with Crippen molar-refractivity contribution in [2.24, 2.45) is 0 Å². The normalized spacial score (nSPS) is 11.2. The SMILES string of the molecule is O=C(Cc1cccc2ccccc12)NCc1cccc(CNc2cc(-c3ccccc3Cl)nc3c(Br)cnn23)c1. The highest BCUT2D eigenvalue weighted by Gasteiger charge is 2.13. The van der Waals surface area contributed by atoms with E-state index in [4.69, 9.17) is 16.6 Å². The van der Waals surface area contributed by atoms with Crippen LogP contribution in [0.25, 0.3) is 27.7 Å². The molecule has 6 aromatic rings. The Hall–Kier alpha value is -4.20. The fourth-order valence-corrected chi connectivity index (χ4v) is 5.37. The zero-order valence-electron chi connectivity index (χ0n) is 21.4. The molecule has 198 valence electrons. The van der Waals surface area contributed by atoms with Gasteiger partial charge in [0.25, 0.3) is 0 Å². The van der Waals surface area contributed by atoms with Gasteiger partial charge in [-0.05, 0) is 49.5 Å². The van der Waals surface area contributed by atoms with E-state index >= 15 is 0 Å². The van der Waals surface area contributed by atoms with Crippen LogP contribution in [0.4, 0.5) is 5.82 Å². The summed E-state index contributed by atoms with van der Waals surface area (Å²) in [6.07, 6.45) is 2.07. The molecule has 0 radical (unpaired) electrons. The first kappa shape index (κ1) is 26.0. The third-order valence-electron chi connectivity index (χ3n) is 6.76. The van der Waals surface area contributed by atoms with Crippen LogP contribution in [0.1, 0.15) is 16.7 Å². The van der Waals surface area contributed by atoms with Crippen molar-refractivity contribution in [2.75, 3.05) is 5.32 Å². The molecular formula is C32H25BrClN5O. The van der Waals surface area contributed by atoms with Gasteiger partial charge in [0, 0.05) is 29.7 Å². The number of aromatic nitrogens is 3. The number of carbonyl (C=O) groups is 1. The number of hydrogen-bond donors (Lipinski definition) is 2. The number of carbonyl (C=O) groups excluding carboxylic acids is 1. The van der Waals surface area contributed by atoms with Gasteiger partial charge in [-0.25, -0.2) is 4.98 Å². The Kier molecular flexibility index (Phi) is 7.49. The van der Waals surface area contributed by atoms with E-state index in [1.807, 2.05) is 66.7 Å². The van der Waals surface area contributed by atoms with E-state index in [1.165, 1.54) is 0 Å². The molecule has 4 aromatic carbocycles. The fourth-order valence-electron chi connectivity index (χ4n) is 4.79. The van der Waals surface area contributed by atoms with E-state index < -0.39 is 0 Å². The van der Waals surface area contributed by atoms with Crippen LogP contribution >= 0.6 is 27.5 Å². The molecular weight excluding hydrogens is 586 g/mol. The fraction of sp³-hybridized carbons (Fsp3) is 0.0938. The van der Waals surface area contributed by atoms with Crippen LogP contribution in [0, 0.1) is 0 Å². The molecule has 40 heavy (non-hydrogen) atoms. The quantitative estimate of drug-likeness (QED) is 0.188. The van der Waals surface area contributed by atoms with Gasteiger partial charge in [0.05, 0.1) is 22.8 Å². The second-order valence-corrected chi connectivity index (χ2v) is 10.8. The third-order valence-corrected chi connectivity index (χ3v) is 7.65. The highest BCUT2D eigenvalue weighted by atomic mass is 79.9. The summed E-state index contributed by atoms with van der Waals surface area (Å²) >= 11 is 10.0. The number of nitrogens with zero attached hydrogens (tertiary/aromatic N) is 3. The van der Waals surface area contributed by atoms with E-state index in [1.54, 1.807) is 10.7 Å². The smallest absolute Gasteiger partial charge is 0.224 e. The molecule has 0 unspecified atom stereocenters. The van der Waals surface area contributed by atoms with Crippen molar-refractivity contribution < 1.29 is 4.79 Å². The summed E-state index contributed by atoms with van der Waals surface area (Å²) in [6, 6.07) is 32.0. The first-order valence-electron chi connectivity index (χ1n) is 12.9. The van der Waals surface area contributed by atoms with Crippen LogP contribution in [0.3, 0.4) is 0 Å². The zero-order valence-corrected chi connectivity index (χ0v) is 23.8. The Balaban J connectivity index is 1.15. The van der Waals surface area contributed by atoms with Gasteiger partial charge in [0.15, 0.2) is 5.65 Å². The van der Waals surface area contributed by atoms with Gasteiger partial charge in [-0.2, -0.15) is 9.61 Å². The van der Waals surface area contributed by atoms with Gasteiger partial charge in [-0.3, -0.25) is 4.79 Å². The molecule has 8 heteroatoms. The van der Waals surface area contributed by atoms with Crippen molar-refractivity contribution in [3.8, 4) is 11.3 Å². The lowest BCUT2D eigenvalue weighted by Crippen LogP contribution is -2.24. The van der Waals surface area contributed by atoms with Crippen LogP contribution in [0.15, 0.2) is 108 Å². The number of benzene rings is 4. The summed E-state index contributed by atoms with van der Waals surface area (Å²) in [5, 5.41) is 13.9. The molecule has 0 bridgehead atoms. The maximum atomic E-state index is 12.8. The summed E-state index contributed by atoms with van der Waals surface area (Å²) < 4.78 is 2.56. The Bertz CT molecular complexity index is 1850. The van der Waals surface area contributed by atoms with Crippen molar-refractivity contribution in [1.29, 1.82) is 0 Å². The van der Waals surface area contributed by atoms with E-state index in [9.17, 15) is 4.79 Å². The Morgan fingerprint density at radius 2 is 1.62 bits per heavy atom. The Labute approximate surface area is 245 Å². The van der Waals surface area contributed by atoms with E-state index in [-0.39, 0.29) is 5.91 Å². The van der Waals surface area contributed by atoms with Gasteiger partial charge < -0.3 is 10.6 Å². The molecule has 6 rings (SSSR count). The molecule has 0 aliphatic carbocycles. The van der Waals surface area contributed by atoms with Crippen molar-refractivity contribution >= 4 is 55.7 Å². The predicted molar refractivity (Wildman–Crippen MR) is 164 cm³/mol. The first-order chi connectivity index (χ1) is 19.5. The predicted octanol–water partition coefficient (Wildman–Crippen LogP) is 7.44. The highest BCUT2D eigenvalue weighted by Crippen LogP contribution is 2.30. The lowest BCUT2D eigenvalue weighted by atomic mass is 10.0. The second-order valence-electron chi connectivity index (χ2n) is 9.50. The molecule has 0 atom stereocenters. The van der Waals surface area contributed by atoms with Crippen molar-refractivity contribution in [3.05, 3.63) is 129 Å². The number of amides is 1. The number of hydrogen-bond acceptors (Lipinski definition) is 4. The van der Waals surface area contributed by atoms with Crippen LogP contribution in [0.5, 0.6) is 0 Å². The zero-order chi connectivity index (χ0) is 27.5. The number of nitrogens with one attached hydrogen (secondary N) is 2. The molecule has 2 N–H and O–H groups in total. The maximum absolute atomic E-state index is 12.8. The van der Waals surface area contributed by atoms with Gasteiger partial charge in [-0.1, -0.05) is 96.5 Å². The molecule has 0 spiro atoms. The summed E-state index contributed by atoms with van der Waals surface area (Å²) in [4.78, 5) is 17.5. The number of halogens is 2. The van der Waals surface area contributed by atoms with Crippen molar-refractivity contribution in [1.82, 2.24) is 19.9 Å². The lowest BCUT2D eigenvalue weighted by molar-refractivity contribution is -0.120. The van der Waals surface area contributed by atoms with Crippen LogP contribution in [-0.2, 0) is 24.3 Å². The standard InChI is InChI=1S/C32H25BrClN5O/c33-27-20-37-39-30(17-29(38-32(27)39)26-13-3-4-14-28(26)34)35-18-21-7-5-8-22(15-21)19-36-31(40)16-24-11-6-10-23-9-1-2-12-25(23)24/h1-15,17,20,35H,16,18-19H2,(H,36,40). The van der Waals surface area contributed by atoms with E-state index in [0.717, 1.165) is 49.0 Å². The minimum absolute atomic E-state index is 0.00424. The molecule has 0 fully saturated rings. The van der Waals surface area contributed by atoms with Crippen LogP contribution < -0.4 is 10.6 Å². The number of fused-ring (bicyclic) bond motifs is 2. The largest absolute Gasteiger partial charge is 0.366 e. The monoisotopic (exact) mass is 609 g/mol. The lowest BCUT2D eigenvalue weighted by Gasteiger charge is -2.13. The highest BCUT2D eigenvalue weighted by molar-refractivity contribution is 9.10. The molecule has 2 heterocycles. The minimum atomic E-state index is -0.00424. The minimum Gasteiger partial charge on any atom is -0.366 e. The van der Waals surface area contributed by atoms with E-state index in [0.29, 0.717) is 30.2 Å². The Morgan fingerprint density at radius 3 is 2.50 bits per heavy atom. The van der Waals surface area contributed by atoms with Gasteiger partial charge >= 0.3 is 0 Å². The van der Waals surface area contributed by atoms with Crippen molar-refractivity contribution in [2.45, 2.75) is 19.5 Å². The topological polar surface area (TPSA) is 71.3 Å². The van der Waals surface area contributed by atoms with E-state index in [2.05, 4.69) is 62.0 Å². The molecule has 0 saturated carbocycles. The molecule has 0 saturated heterocycles. The average molecular weight is 611 g/mol. The molecule has 0 aliphatic heterocycles. The second kappa shape index (κ2) is 11.5. The maximum Gasteiger partial charge on any atom is 0.224 e. The van der Waals surface area contributed by atoms with Crippen LogP contribution in [-0.4, -0.2) is 20.5 Å². The van der Waals surface area contributed by atoms with Gasteiger partial charge in [0.2, 0.25) is 5.91 Å². The summed E-state index contributed by atoms with van der Waals surface area (Å²) in [6.45, 7) is 1.02. The van der Waals surface area contributed by atoms with Crippen molar-refractivity contribution in [3.63, 3.8) is 0 Å². The summed E-state index contributed by atoms with van der Waals surface area (Å²) in [7, 11) is 0. The third kappa shape index (κ3) is 5.57. The van der Waals surface area contributed by atoms with Crippen LogP contribution in [0.2, 0.25) is 5.02 Å². The number of anilines is 1. The summed E-state index contributed by atoms with van der Waals surface area (Å²) in [5.74, 6) is 0.787. The van der Waals surface area contributed by atoms with Gasteiger partial charge in [0.1, 0.15) is 5.82 Å². The Morgan fingerprint density at radius 1 is 0.875 bits per heavy atom. The van der Waals surface area contributed by atoms with Gasteiger partial charge in [-0.15, -0.1) is 0 Å². The average Bonchev–Trinajstić information content (AvgIpc) is 3.36.